The fourth-order valence-corrected chi connectivity index (χ4v) is 2.66. The van der Waals surface area contributed by atoms with Crippen LogP contribution in [0.1, 0.15) is 49.0 Å². The highest BCUT2D eigenvalue weighted by Crippen LogP contribution is 2.28. The molecule has 1 fully saturated rings. The monoisotopic (exact) mass is 272 g/mol. The molecule has 1 aromatic rings. The number of ketones is 1. The highest BCUT2D eigenvalue weighted by atomic mass is 16.3. The standard InChI is InChI=1S/C16H20N2O2/c1-12(19)14-5-4-13(11-17)10-15(14)18-8-3-6-16(2,20)7-9-18/h4-5,10,20H,3,6-9H2,1-2H3. The van der Waals surface area contributed by atoms with Crippen LogP contribution in [0.2, 0.25) is 0 Å². The molecular formula is C16H20N2O2. The van der Waals surface area contributed by atoms with E-state index >= 15 is 0 Å². The summed E-state index contributed by atoms with van der Waals surface area (Å²) in [6.45, 7) is 4.89. The minimum atomic E-state index is -0.641. The molecular weight excluding hydrogens is 252 g/mol. The summed E-state index contributed by atoms with van der Waals surface area (Å²) < 4.78 is 0. The summed E-state index contributed by atoms with van der Waals surface area (Å²) >= 11 is 0. The van der Waals surface area contributed by atoms with Gasteiger partial charge < -0.3 is 10.0 Å². The third kappa shape index (κ3) is 3.17. The Morgan fingerprint density at radius 2 is 2.15 bits per heavy atom. The van der Waals surface area contributed by atoms with Crippen molar-refractivity contribution in [2.45, 2.75) is 38.7 Å². The Hall–Kier alpha value is -1.86. The van der Waals surface area contributed by atoms with Crippen LogP contribution in [0.3, 0.4) is 0 Å². The molecule has 0 bridgehead atoms. The molecule has 0 aromatic heterocycles. The Morgan fingerprint density at radius 1 is 1.40 bits per heavy atom. The summed E-state index contributed by atoms with van der Waals surface area (Å²) in [7, 11) is 0. The van der Waals surface area contributed by atoms with Crippen molar-refractivity contribution in [2.75, 3.05) is 18.0 Å². The molecule has 4 heteroatoms. The number of benzene rings is 1. The second-order valence-corrected chi connectivity index (χ2v) is 5.74. The molecule has 1 N–H and O–H groups in total. The van der Waals surface area contributed by atoms with Gasteiger partial charge in [0.25, 0.3) is 0 Å². The zero-order chi connectivity index (χ0) is 14.8. The van der Waals surface area contributed by atoms with Gasteiger partial charge in [-0.2, -0.15) is 5.26 Å². The summed E-state index contributed by atoms with van der Waals surface area (Å²) in [5.41, 5.74) is 1.37. The number of carbonyl (C=O) groups excluding carboxylic acids is 1. The Kier molecular flexibility index (Phi) is 4.10. The lowest BCUT2D eigenvalue weighted by Gasteiger charge is -2.26. The lowest BCUT2D eigenvalue weighted by Crippen LogP contribution is -2.29. The van der Waals surface area contributed by atoms with Gasteiger partial charge >= 0.3 is 0 Å². The van der Waals surface area contributed by atoms with Crippen molar-refractivity contribution in [1.29, 1.82) is 5.26 Å². The average Bonchev–Trinajstić information content (AvgIpc) is 2.58. The van der Waals surface area contributed by atoms with Gasteiger partial charge in [-0.25, -0.2) is 0 Å². The molecule has 4 nitrogen and oxygen atoms in total. The first-order valence-electron chi connectivity index (χ1n) is 6.95. The van der Waals surface area contributed by atoms with E-state index in [0.29, 0.717) is 24.1 Å². The van der Waals surface area contributed by atoms with E-state index in [4.69, 9.17) is 5.26 Å². The van der Waals surface area contributed by atoms with Gasteiger partial charge in [0.05, 0.1) is 17.2 Å². The fourth-order valence-electron chi connectivity index (χ4n) is 2.66. The second-order valence-electron chi connectivity index (χ2n) is 5.74. The van der Waals surface area contributed by atoms with Gasteiger partial charge in [-0.1, -0.05) is 0 Å². The minimum Gasteiger partial charge on any atom is -0.390 e. The third-order valence-corrected chi connectivity index (χ3v) is 3.91. The highest BCUT2D eigenvalue weighted by Gasteiger charge is 2.26. The van der Waals surface area contributed by atoms with E-state index in [0.717, 1.165) is 25.1 Å². The number of anilines is 1. The first-order chi connectivity index (χ1) is 9.43. The van der Waals surface area contributed by atoms with Gasteiger partial charge in [0, 0.05) is 24.3 Å². The predicted molar refractivity (Wildman–Crippen MR) is 77.8 cm³/mol. The molecule has 1 saturated heterocycles. The zero-order valence-corrected chi connectivity index (χ0v) is 12.0. The average molecular weight is 272 g/mol. The number of hydrogen-bond donors (Lipinski definition) is 1. The summed E-state index contributed by atoms with van der Waals surface area (Å²) in [5.74, 6) is 0.000460. The molecule has 1 aromatic carbocycles. The number of nitrogens with zero attached hydrogens (tertiary/aromatic N) is 2. The van der Waals surface area contributed by atoms with Crippen LogP contribution in [0.4, 0.5) is 5.69 Å². The smallest absolute Gasteiger partial charge is 0.161 e. The molecule has 1 unspecified atom stereocenters. The van der Waals surface area contributed by atoms with Crippen molar-refractivity contribution in [3.05, 3.63) is 29.3 Å². The van der Waals surface area contributed by atoms with Crippen LogP contribution in [0, 0.1) is 11.3 Å². The largest absolute Gasteiger partial charge is 0.390 e. The van der Waals surface area contributed by atoms with E-state index < -0.39 is 5.60 Å². The maximum absolute atomic E-state index is 11.8. The molecule has 0 amide bonds. The van der Waals surface area contributed by atoms with Gasteiger partial charge in [-0.3, -0.25) is 4.79 Å². The number of aliphatic hydroxyl groups is 1. The topological polar surface area (TPSA) is 64.3 Å². The van der Waals surface area contributed by atoms with Crippen LogP contribution < -0.4 is 4.90 Å². The van der Waals surface area contributed by atoms with E-state index in [9.17, 15) is 9.90 Å². The van der Waals surface area contributed by atoms with Crippen molar-refractivity contribution < 1.29 is 9.90 Å². The number of rotatable bonds is 2. The van der Waals surface area contributed by atoms with Crippen LogP contribution in [-0.4, -0.2) is 29.6 Å². The number of nitriles is 1. The molecule has 20 heavy (non-hydrogen) atoms. The number of hydrogen-bond acceptors (Lipinski definition) is 4. The zero-order valence-electron chi connectivity index (χ0n) is 12.0. The van der Waals surface area contributed by atoms with E-state index in [1.807, 2.05) is 6.92 Å². The van der Waals surface area contributed by atoms with Crippen LogP contribution in [0.5, 0.6) is 0 Å². The molecule has 1 heterocycles. The summed E-state index contributed by atoms with van der Waals surface area (Å²) in [6, 6.07) is 7.29. The van der Waals surface area contributed by atoms with Crippen LogP contribution in [-0.2, 0) is 0 Å². The van der Waals surface area contributed by atoms with Crippen molar-refractivity contribution >= 4 is 11.5 Å². The van der Waals surface area contributed by atoms with Crippen molar-refractivity contribution in [3.8, 4) is 6.07 Å². The summed E-state index contributed by atoms with van der Waals surface area (Å²) in [4.78, 5) is 13.9. The molecule has 2 rings (SSSR count). The van der Waals surface area contributed by atoms with Gasteiger partial charge in [0.15, 0.2) is 5.78 Å². The van der Waals surface area contributed by atoms with Gasteiger partial charge in [0.2, 0.25) is 0 Å². The van der Waals surface area contributed by atoms with E-state index in [-0.39, 0.29) is 5.78 Å². The van der Waals surface area contributed by atoms with E-state index in [1.165, 1.54) is 0 Å². The van der Waals surface area contributed by atoms with E-state index in [1.54, 1.807) is 25.1 Å². The first-order valence-corrected chi connectivity index (χ1v) is 6.95. The van der Waals surface area contributed by atoms with Crippen LogP contribution >= 0.6 is 0 Å². The number of carbonyl (C=O) groups is 1. The van der Waals surface area contributed by atoms with E-state index in [2.05, 4.69) is 11.0 Å². The molecule has 1 aliphatic heterocycles. The first kappa shape index (κ1) is 14.5. The quantitative estimate of drug-likeness (QED) is 0.840. The van der Waals surface area contributed by atoms with Crippen LogP contribution in [0.25, 0.3) is 0 Å². The normalized spacial score (nSPS) is 23.0. The number of Topliss-reactive ketones (excluding diaryl/α,β-unsaturated/α-hetero) is 1. The lowest BCUT2D eigenvalue weighted by molar-refractivity contribution is 0.0481. The highest BCUT2D eigenvalue weighted by molar-refractivity contribution is 6.00. The Bertz CT molecular complexity index is 558. The molecule has 106 valence electrons. The molecule has 0 saturated carbocycles. The molecule has 1 atom stereocenters. The Labute approximate surface area is 119 Å². The van der Waals surface area contributed by atoms with Crippen molar-refractivity contribution in [1.82, 2.24) is 0 Å². The molecule has 0 spiro atoms. The van der Waals surface area contributed by atoms with Gasteiger partial charge in [-0.15, -0.1) is 0 Å². The predicted octanol–water partition coefficient (Wildman–Crippen LogP) is 2.50. The fraction of sp³-hybridized carbons (Fsp3) is 0.500. The van der Waals surface area contributed by atoms with Gasteiger partial charge in [0.1, 0.15) is 0 Å². The SMILES string of the molecule is CC(=O)c1ccc(C#N)cc1N1CCCC(C)(O)CC1. The molecule has 1 aliphatic rings. The molecule has 0 aliphatic carbocycles. The maximum Gasteiger partial charge on any atom is 0.161 e. The van der Waals surface area contributed by atoms with Crippen molar-refractivity contribution in [2.24, 2.45) is 0 Å². The second kappa shape index (κ2) is 5.64. The minimum absolute atomic E-state index is 0.000460. The Balaban J connectivity index is 2.35. The third-order valence-electron chi connectivity index (χ3n) is 3.91. The van der Waals surface area contributed by atoms with Gasteiger partial charge in [-0.05, 0) is 51.3 Å². The lowest BCUT2D eigenvalue weighted by atomic mass is 9.98. The van der Waals surface area contributed by atoms with Crippen LogP contribution in [0.15, 0.2) is 18.2 Å². The maximum atomic E-state index is 11.8. The Morgan fingerprint density at radius 3 is 2.80 bits per heavy atom. The molecule has 0 radical (unpaired) electrons. The summed E-state index contributed by atoms with van der Waals surface area (Å²) in [5, 5.41) is 19.2. The van der Waals surface area contributed by atoms with Crippen molar-refractivity contribution in [3.63, 3.8) is 0 Å². The summed E-state index contributed by atoms with van der Waals surface area (Å²) in [6.07, 6.45) is 2.30.